The molecule has 1 unspecified atom stereocenters. The first-order valence-corrected chi connectivity index (χ1v) is 9.45. The van der Waals surface area contributed by atoms with Gasteiger partial charge in [-0.2, -0.15) is 5.26 Å². The number of dihydropyridines is 1. The molecule has 0 spiro atoms. The molecule has 3 heterocycles. The lowest BCUT2D eigenvalue weighted by atomic mass is 9.88. The minimum absolute atomic E-state index is 0.0359. The molecule has 0 aliphatic carbocycles. The first-order valence-electron chi connectivity index (χ1n) is 9.45. The van der Waals surface area contributed by atoms with Crippen molar-refractivity contribution >= 4 is 16.8 Å². The predicted molar refractivity (Wildman–Crippen MR) is 112 cm³/mol. The van der Waals surface area contributed by atoms with Crippen molar-refractivity contribution in [3.05, 3.63) is 99.8 Å². The van der Waals surface area contributed by atoms with E-state index in [-0.39, 0.29) is 12.2 Å². The Balaban J connectivity index is 1.78. The standard InChI is InChI=1S/C24H18N4O2/c1-14-18(13-25)23(24(26-3)15(2)28-14)22-11-17-19(27-10-9-21(17)30-22)12-20(29)16-7-5-4-6-8-16/h4-11,23,28H,12H2,1-2H3. The van der Waals surface area contributed by atoms with Crippen molar-refractivity contribution in [1.82, 2.24) is 10.3 Å². The summed E-state index contributed by atoms with van der Waals surface area (Å²) in [4.78, 5) is 20.7. The van der Waals surface area contributed by atoms with Crippen LogP contribution in [0.3, 0.4) is 0 Å². The molecular weight excluding hydrogens is 376 g/mol. The van der Waals surface area contributed by atoms with E-state index < -0.39 is 5.92 Å². The Kier molecular flexibility index (Phi) is 4.92. The Morgan fingerprint density at radius 2 is 2.03 bits per heavy atom. The number of furan rings is 1. The molecule has 0 amide bonds. The van der Waals surface area contributed by atoms with Gasteiger partial charge in [0.1, 0.15) is 11.3 Å². The van der Waals surface area contributed by atoms with Gasteiger partial charge in [0.2, 0.25) is 0 Å². The molecule has 0 saturated carbocycles. The van der Waals surface area contributed by atoms with E-state index in [1.807, 2.05) is 32.0 Å². The number of fused-ring (bicyclic) bond motifs is 1. The molecule has 1 aliphatic rings. The van der Waals surface area contributed by atoms with Gasteiger partial charge in [0.15, 0.2) is 11.5 Å². The number of nitrogens with one attached hydrogen (secondary N) is 1. The Morgan fingerprint density at radius 3 is 2.73 bits per heavy atom. The van der Waals surface area contributed by atoms with E-state index in [1.54, 1.807) is 30.5 Å². The monoisotopic (exact) mass is 394 g/mol. The van der Waals surface area contributed by atoms with Gasteiger partial charge in [-0.15, -0.1) is 0 Å². The second kappa shape index (κ2) is 7.69. The largest absolute Gasteiger partial charge is 0.461 e. The number of hydrogen-bond donors (Lipinski definition) is 1. The molecular formula is C24H18N4O2. The summed E-state index contributed by atoms with van der Waals surface area (Å²) in [6, 6.07) is 14.8. The maximum atomic E-state index is 12.7. The molecule has 3 aromatic rings. The Morgan fingerprint density at radius 1 is 1.27 bits per heavy atom. The molecule has 1 aromatic carbocycles. The second-order valence-electron chi connectivity index (χ2n) is 7.11. The highest BCUT2D eigenvalue weighted by atomic mass is 16.3. The van der Waals surface area contributed by atoms with E-state index in [9.17, 15) is 10.1 Å². The second-order valence-corrected chi connectivity index (χ2v) is 7.11. The van der Waals surface area contributed by atoms with Crippen molar-refractivity contribution in [3.63, 3.8) is 0 Å². The van der Waals surface area contributed by atoms with Crippen molar-refractivity contribution in [2.24, 2.45) is 0 Å². The number of hydrogen-bond acceptors (Lipinski definition) is 5. The number of ketones is 1. The molecule has 0 saturated heterocycles. The fourth-order valence-electron chi connectivity index (χ4n) is 3.76. The minimum atomic E-state index is -0.584. The summed E-state index contributed by atoms with van der Waals surface area (Å²) < 4.78 is 6.05. The summed E-state index contributed by atoms with van der Waals surface area (Å²) in [5, 5.41) is 13.5. The Labute approximate surface area is 174 Å². The van der Waals surface area contributed by atoms with Crippen molar-refractivity contribution in [3.8, 4) is 6.07 Å². The van der Waals surface area contributed by atoms with Crippen molar-refractivity contribution in [2.75, 3.05) is 0 Å². The van der Waals surface area contributed by atoms with Crippen LogP contribution in [0.25, 0.3) is 15.8 Å². The molecule has 0 fully saturated rings. The zero-order valence-corrected chi connectivity index (χ0v) is 16.6. The molecule has 0 radical (unpaired) electrons. The fraction of sp³-hybridized carbons (Fsp3) is 0.167. The summed E-state index contributed by atoms with van der Waals surface area (Å²) in [6.45, 7) is 11.2. The van der Waals surface area contributed by atoms with Gasteiger partial charge in [-0.25, -0.2) is 4.85 Å². The van der Waals surface area contributed by atoms with Crippen LogP contribution >= 0.6 is 0 Å². The molecule has 1 N–H and O–H groups in total. The van der Waals surface area contributed by atoms with Gasteiger partial charge in [-0.05, 0) is 26.0 Å². The van der Waals surface area contributed by atoms with E-state index >= 15 is 0 Å². The molecule has 1 aliphatic heterocycles. The van der Waals surface area contributed by atoms with Gasteiger partial charge in [-0.1, -0.05) is 30.3 Å². The van der Waals surface area contributed by atoms with Crippen LogP contribution in [0.4, 0.5) is 0 Å². The van der Waals surface area contributed by atoms with Crippen LogP contribution in [-0.2, 0) is 6.42 Å². The quantitative estimate of drug-likeness (QED) is 0.503. The summed E-state index contributed by atoms with van der Waals surface area (Å²) in [5.74, 6) is -0.126. The number of carbonyl (C=O) groups is 1. The lowest BCUT2D eigenvalue weighted by molar-refractivity contribution is 0.0992. The van der Waals surface area contributed by atoms with Gasteiger partial charge < -0.3 is 9.73 Å². The third-order valence-electron chi connectivity index (χ3n) is 5.22. The van der Waals surface area contributed by atoms with E-state index in [1.165, 1.54) is 0 Å². The molecule has 30 heavy (non-hydrogen) atoms. The maximum absolute atomic E-state index is 12.7. The summed E-state index contributed by atoms with van der Waals surface area (Å²) in [5.41, 5.74) is 4.07. The third-order valence-corrected chi connectivity index (χ3v) is 5.22. The smallest absolute Gasteiger partial charge is 0.199 e. The van der Waals surface area contributed by atoms with Crippen LogP contribution in [0.15, 0.2) is 75.7 Å². The van der Waals surface area contributed by atoms with Crippen LogP contribution in [0, 0.1) is 17.9 Å². The number of pyridine rings is 1. The van der Waals surface area contributed by atoms with Crippen molar-refractivity contribution in [2.45, 2.75) is 26.2 Å². The number of nitrogens with zero attached hydrogens (tertiary/aromatic N) is 3. The van der Waals surface area contributed by atoms with E-state index in [2.05, 4.69) is 21.2 Å². The number of allylic oxidation sites excluding steroid dienone is 3. The average molecular weight is 394 g/mol. The zero-order chi connectivity index (χ0) is 21.3. The first kappa shape index (κ1) is 19.2. The topological polar surface area (TPSA) is 83.3 Å². The average Bonchev–Trinajstić information content (AvgIpc) is 3.19. The number of rotatable bonds is 4. The van der Waals surface area contributed by atoms with E-state index in [4.69, 9.17) is 11.0 Å². The normalized spacial score (nSPS) is 16.2. The zero-order valence-electron chi connectivity index (χ0n) is 16.6. The Bertz CT molecular complexity index is 1260. The van der Waals surface area contributed by atoms with Crippen LogP contribution in [-0.4, -0.2) is 10.8 Å². The van der Waals surface area contributed by atoms with E-state index in [0.29, 0.717) is 50.7 Å². The first-order chi connectivity index (χ1) is 14.5. The van der Waals surface area contributed by atoms with Crippen LogP contribution in [0.5, 0.6) is 0 Å². The summed E-state index contributed by atoms with van der Waals surface area (Å²) in [7, 11) is 0. The fourth-order valence-corrected chi connectivity index (χ4v) is 3.76. The predicted octanol–water partition coefficient (Wildman–Crippen LogP) is 4.89. The van der Waals surface area contributed by atoms with Crippen LogP contribution in [0.1, 0.15) is 41.6 Å². The third kappa shape index (κ3) is 3.25. The molecule has 6 nitrogen and oxygen atoms in total. The molecule has 6 heteroatoms. The van der Waals surface area contributed by atoms with Gasteiger partial charge in [-0.3, -0.25) is 9.78 Å². The Hall–Kier alpha value is -4.16. The highest BCUT2D eigenvalue weighted by Gasteiger charge is 2.33. The SMILES string of the molecule is [C-]#[N+]C1=C(C)NC(C)=C(C#N)C1c1cc2c(CC(=O)c3ccccc3)nccc2o1. The number of nitriles is 1. The molecule has 2 aromatic heterocycles. The summed E-state index contributed by atoms with van der Waals surface area (Å²) in [6.07, 6.45) is 1.74. The highest BCUT2D eigenvalue weighted by molar-refractivity contribution is 5.99. The number of benzene rings is 1. The lowest BCUT2D eigenvalue weighted by Crippen LogP contribution is -2.22. The van der Waals surface area contributed by atoms with E-state index in [0.717, 1.165) is 0 Å². The van der Waals surface area contributed by atoms with Crippen molar-refractivity contribution < 1.29 is 9.21 Å². The molecule has 4 rings (SSSR count). The molecule has 1 atom stereocenters. The number of Topliss-reactive ketones (excluding diaryl/α,β-unsaturated/α-hetero) is 1. The van der Waals surface area contributed by atoms with Crippen LogP contribution in [0.2, 0.25) is 0 Å². The van der Waals surface area contributed by atoms with Gasteiger partial charge in [0, 0.05) is 28.5 Å². The van der Waals surface area contributed by atoms with Crippen molar-refractivity contribution in [1.29, 1.82) is 5.26 Å². The molecule has 146 valence electrons. The number of aromatic nitrogens is 1. The molecule has 0 bridgehead atoms. The highest BCUT2D eigenvalue weighted by Crippen LogP contribution is 2.40. The van der Waals surface area contributed by atoms with Crippen LogP contribution < -0.4 is 5.32 Å². The van der Waals surface area contributed by atoms with Gasteiger partial charge in [0.25, 0.3) is 0 Å². The lowest BCUT2D eigenvalue weighted by Gasteiger charge is -2.24. The van der Waals surface area contributed by atoms with Gasteiger partial charge in [0.05, 0.1) is 36.2 Å². The van der Waals surface area contributed by atoms with Gasteiger partial charge >= 0.3 is 0 Å². The maximum Gasteiger partial charge on any atom is 0.199 e. The minimum Gasteiger partial charge on any atom is -0.461 e. The number of carbonyl (C=O) groups excluding carboxylic acids is 1. The summed E-state index contributed by atoms with van der Waals surface area (Å²) >= 11 is 0.